The number of benzene rings is 1. The minimum absolute atomic E-state index is 0.0924. The molecule has 0 saturated heterocycles. The Morgan fingerprint density at radius 2 is 2.25 bits per heavy atom. The first kappa shape index (κ1) is 13.0. The van der Waals surface area contributed by atoms with Crippen LogP contribution in [-0.4, -0.2) is 17.7 Å². The van der Waals surface area contributed by atoms with E-state index in [1.54, 1.807) is 18.2 Å². The first-order valence-electron chi connectivity index (χ1n) is 5.25. The number of hydrogen-bond donors (Lipinski definition) is 1. The van der Waals surface area contributed by atoms with Crippen LogP contribution in [-0.2, 0) is 11.3 Å². The lowest BCUT2D eigenvalue weighted by Gasteiger charge is -2.06. The van der Waals surface area contributed by atoms with Gasteiger partial charge in [-0.25, -0.2) is 4.79 Å². The van der Waals surface area contributed by atoms with Crippen molar-refractivity contribution in [2.45, 2.75) is 26.4 Å². The molecule has 0 aromatic heterocycles. The Morgan fingerprint density at radius 3 is 2.81 bits per heavy atom. The maximum absolute atomic E-state index is 11.6. The van der Waals surface area contributed by atoms with E-state index in [-0.39, 0.29) is 6.61 Å². The summed E-state index contributed by atoms with van der Waals surface area (Å²) >= 11 is 5.90. The van der Waals surface area contributed by atoms with Gasteiger partial charge < -0.3 is 9.84 Å². The molecule has 1 rings (SSSR count). The van der Waals surface area contributed by atoms with Crippen molar-refractivity contribution < 1.29 is 14.6 Å². The number of carbonyl (C=O) groups is 1. The van der Waals surface area contributed by atoms with Crippen LogP contribution in [0.15, 0.2) is 18.2 Å². The molecular formula is C12H15ClO3. The first-order valence-corrected chi connectivity index (χ1v) is 5.63. The second-order valence-electron chi connectivity index (χ2n) is 3.46. The van der Waals surface area contributed by atoms with Crippen LogP contribution >= 0.6 is 11.6 Å². The van der Waals surface area contributed by atoms with Crippen molar-refractivity contribution in [3.63, 3.8) is 0 Å². The molecule has 0 aliphatic heterocycles. The second-order valence-corrected chi connectivity index (χ2v) is 3.87. The summed E-state index contributed by atoms with van der Waals surface area (Å²) in [6, 6.07) is 4.79. The number of unbranched alkanes of at least 4 members (excludes halogenated alkanes) is 1. The molecule has 88 valence electrons. The van der Waals surface area contributed by atoms with Crippen LogP contribution < -0.4 is 0 Å². The predicted molar refractivity (Wildman–Crippen MR) is 62.6 cm³/mol. The maximum Gasteiger partial charge on any atom is 0.339 e. The summed E-state index contributed by atoms with van der Waals surface area (Å²) in [5.74, 6) is -0.414. The van der Waals surface area contributed by atoms with Gasteiger partial charge in [-0.1, -0.05) is 31.0 Å². The summed E-state index contributed by atoms with van der Waals surface area (Å²) in [5, 5.41) is 9.20. The van der Waals surface area contributed by atoms with Gasteiger partial charge in [0.1, 0.15) is 0 Å². The van der Waals surface area contributed by atoms with Gasteiger partial charge in [0.15, 0.2) is 0 Å². The number of esters is 1. The Bertz CT molecular complexity index is 363. The van der Waals surface area contributed by atoms with Crippen LogP contribution in [0.1, 0.15) is 35.7 Å². The Labute approximate surface area is 100.0 Å². The van der Waals surface area contributed by atoms with E-state index in [1.807, 2.05) is 6.92 Å². The summed E-state index contributed by atoms with van der Waals surface area (Å²) in [7, 11) is 0. The number of halogens is 1. The minimum atomic E-state index is -0.414. The first-order chi connectivity index (χ1) is 7.69. The van der Waals surface area contributed by atoms with Crippen LogP contribution in [0, 0.1) is 0 Å². The molecule has 0 unspecified atom stereocenters. The highest BCUT2D eigenvalue weighted by molar-refractivity contribution is 6.33. The molecule has 0 aliphatic rings. The fourth-order valence-electron chi connectivity index (χ4n) is 1.21. The molecule has 0 aliphatic carbocycles. The molecule has 0 fully saturated rings. The van der Waals surface area contributed by atoms with Crippen molar-refractivity contribution in [1.82, 2.24) is 0 Å². The standard InChI is InChI=1S/C12H15ClO3/c1-2-3-6-16-12(15)10-5-4-9(8-14)7-11(10)13/h4-5,7,14H,2-3,6,8H2,1H3. The van der Waals surface area contributed by atoms with Gasteiger partial charge in [-0.15, -0.1) is 0 Å². The summed E-state index contributed by atoms with van der Waals surface area (Å²) in [6.45, 7) is 2.34. The fourth-order valence-corrected chi connectivity index (χ4v) is 1.49. The molecule has 16 heavy (non-hydrogen) atoms. The van der Waals surface area contributed by atoms with Gasteiger partial charge in [0, 0.05) is 0 Å². The average Bonchev–Trinajstić information content (AvgIpc) is 2.29. The van der Waals surface area contributed by atoms with E-state index in [1.165, 1.54) is 0 Å². The molecule has 0 radical (unpaired) electrons. The number of aliphatic hydroxyl groups is 1. The van der Waals surface area contributed by atoms with Crippen molar-refractivity contribution in [1.29, 1.82) is 0 Å². The molecule has 0 spiro atoms. The summed E-state index contributed by atoms with van der Waals surface area (Å²) in [6.07, 6.45) is 1.82. The van der Waals surface area contributed by atoms with Crippen molar-refractivity contribution in [2.24, 2.45) is 0 Å². The van der Waals surface area contributed by atoms with E-state index >= 15 is 0 Å². The van der Waals surface area contributed by atoms with E-state index in [0.29, 0.717) is 22.8 Å². The maximum atomic E-state index is 11.6. The molecule has 0 atom stereocenters. The molecule has 0 amide bonds. The zero-order valence-electron chi connectivity index (χ0n) is 9.20. The zero-order chi connectivity index (χ0) is 12.0. The quantitative estimate of drug-likeness (QED) is 0.638. The number of carbonyl (C=O) groups excluding carboxylic acids is 1. The summed E-state index contributed by atoms with van der Waals surface area (Å²) in [5.41, 5.74) is 1.02. The van der Waals surface area contributed by atoms with Gasteiger partial charge in [-0.05, 0) is 24.1 Å². The molecule has 1 N–H and O–H groups in total. The molecule has 0 bridgehead atoms. The molecule has 4 heteroatoms. The van der Waals surface area contributed by atoms with Crippen molar-refractivity contribution in [3.05, 3.63) is 34.3 Å². The Hall–Kier alpha value is -1.06. The predicted octanol–water partition coefficient (Wildman–Crippen LogP) is 2.79. The van der Waals surface area contributed by atoms with Crippen LogP contribution in [0.5, 0.6) is 0 Å². The highest BCUT2D eigenvalue weighted by Gasteiger charge is 2.11. The molecular weight excluding hydrogens is 228 g/mol. The Kier molecular flexibility index (Phi) is 5.29. The third-order valence-corrected chi connectivity index (χ3v) is 2.48. The normalized spacial score (nSPS) is 10.2. The highest BCUT2D eigenvalue weighted by Crippen LogP contribution is 2.19. The molecule has 0 heterocycles. The van der Waals surface area contributed by atoms with E-state index in [9.17, 15) is 4.79 Å². The molecule has 1 aromatic rings. The smallest absolute Gasteiger partial charge is 0.339 e. The Balaban J connectivity index is 2.68. The average molecular weight is 243 g/mol. The lowest BCUT2D eigenvalue weighted by atomic mass is 10.1. The fraction of sp³-hybridized carbons (Fsp3) is 0.417. The molecule has 1 aromatic carbocycles. The van der Waals surface area contributed by atoms with Gasteiger partial charge in [-0.2, -0.15) is 0 Å². The van der Waals surface area contributed by atoms with Crippen LogP contribution in [0.4, 0.5) is 0 Å². The van der Waals surface area contributed by atoms with Gasteiger partial charge in [0.25, 0.3) is 0 Å². The Morgan fingerprint density at radius 1 is 1.50 bits per heavy atom. The summed E-state index contributed by atoms with van der Waals surface area (Å²) < 4.78 is 5.04. The number of ether oxygens (including phenoxy) is 1. The second kappa shape index (κ2) is 6.51. The topological polar surface area (TPSA) is 46.5 Å². The third kappa shape index (κ3) is 3.51. The lowest BCUT2D eigenvalue weighted by Crippen LogP contribution is -2.07. The zero-order valence-corrected chi connectivity index (χ0v) is 9.96. The van der Waals surface area contributed by atoms with Crippen LogP contribution in [0.3, 0.4) is 0 Å². The van der Waals surface area contributed by atoms with Gasteiger partial charge in [-0.3, -0.25) is 0 Å². The van der Waals surface area contributed by atoms with Gasteiger partial charge in [0.2, 0.25) is 0 Å². The van der Waals surface area contributed by atoms with Crippen molar-refractivity contribution in [3.8, 4) is 0 Å². The van der Waals surface area contributed by atoms with Crippen LogP contribution in [0.25, 0.3) is 0 Å². The minimum Gasteiger partial charge on any atom is -0.462 e. The third-order valence-electron chi connectivity index (χ3n) is 2.17. The summed E-state index contributed by atoms with van der Waals surface area (Å²) in [4.78, 5) is 11.6. The van der Waals surface area contributed by atoms with Gasteiger partial charge in [0.05, 0.1) is 23.8 Å². The number of hydrogen-bond acceptors (Lipinski definition) is 3. The van der Waals surface area contributed by atoms with Crippen LogP contribution in [0.2, 0.25) is 5.02 Å². The highest BCUT2D eigenvalue weighted by atomic mass is 35.5. The number of rotatable bonds is 5. The van der Waals surface area contributed by atoms with E-state index in [4.69, 9.17) is 21.4 Å². The molecule has 0 saturated carbocycles. The monoisotopic (exact) mass is 242 g/mol. The van der Waals surface area contributed by atoms with Crippen molar-refractivity contribution >= 4 is 17.6 Å². The largest absolute Gasteiger partial charge is 0.462 e. The van der Waals surface area contributed by atoms with E-state index < -0.39 is 5.97 Å². The van der Waals surface area contributed by atoms with Gasteiger partial charge >= 0.3 is 5.97 Å². The van der Waals surface area contributed by atoms with E-state index in [0.717, 1.165) is 12.8 Å². The van der Waals surface area contributed by atoms with Crippen molar-refractivity contribution in [2.75, 3.05) is 6.61 Å². The lowest BCUT2D eigenvalue weighted by molar-refractivity contribution is 0.0500. The van der Waals surface area contributed by atoms with E-state index in [2.05, 4.69) is 0 Å². The molecule has 3 nitrogen and oxygen atoms in total. The SMILES string of the molecule is CCCCOC(=O)c1ccc(CO)cc1Cl. The number of aliphatic hydroxyl groups excluding tert-OH is 1.